The molecule has 0 fully saturated rings. The third-order valence-electron chi connectivity index (χ3n) is 2.27. The standard InChI is InChI=1S/C10H7BrClNO2S/c1-6-4-9(11)8-5-13-3-2-7(8)10(6)16(12,14)15/h2-5H,1H3. The summed E-state index contributed by atoms with van der Waals surface area (Å²) in [6.07, 6.45) is 3.14. The number of hydrogen-bond acceptors (Lipinski definition) is 3. The van der Waals surface area contributed by atoms with Crippen LogP contribution in [0.4, 0.5) is 0 Å². The van der Waals surface area contributed by atoms with Gasteiger partial charge in [0, 0.05) is 38.3 Å². The molecule has 1 aromatic carbocycles. The van der Waals surface area contributed by atoms with Crippen molar-refractivity contribution in [2.24, 2.45) is 0 Å². The monoisotopic (exact) mass is 319 g/mol. The smallest absolute Gasteiger partial charge is 0.262 e. The molecule has 3 nitrogen and oxygen atoms in total. The summed E-state index contributed by atoms with van der Waals surface area (Å²) in [5, 5.41) is 1.31. The zero-order valence-electron chi connectivity index (χ0n) is 8.24. The highest BCUT2D eigenvalue weighted by molar-refractivity contribution is 9.10. The molecule has 1 heterocycles. The summed E-state index contributed by atoms with van der Waals surface area (Å²) in [7, 11) is 1.68. The van der Waals surface area contributed by atoms with E-state index in [0.29, 0.717) is 10.9 Å². The zero-order valence-corrected chi connectivity index (χ0v) is 11.4. The van der Waals surface area contributed by atoms with Crippen LogP contribution in [0.3, 0.4) is 0 Å². The molecule has 1 aromatic heterocycles. The normalized spacial score (nSPS) is 11.9. The molecule has 0 saturated carbocycles. The fourth-order valence-electron chi connectivity index (χ4n) is 1.65. The van der Waals surface area contributed by atoms with E-state index in [1.807, 2.05) is 0 Å². The number of halogens is 2. The Kier molecular flexibility index (Phi) is 2.94. The molecule has 0 aliphatic carbocycles. The van der Waals surface area contributed by atoms with Crippen LogP contribution < -0.4 is 0 Å². The number of pyridine rings is 1. The van der Waals surface area contributed by atoms with Gasteiger partial charge in [-0.25, -0.2) is 8.42 Å². The molecule has 0 spiro atoms. The van der Waals surface area contributed by atoms with Crippen LogP contribution in [0, 0.1) is 6.92 Å². The second-order valence-corrected chi connectivity index (χ2v) is 6.72. The van der Waals surface area contributed by atoms with E-state index >= 15 is 0 Å². The van der Waals surface area contributed by atoms with E-state index < -0.39 is 9.05 Å². The number of hydrogen-bond donors (Lipinski definition) is 0. The molecule has 0 atom stereocenters. The maximum atomic E-state index is 11.5. The Morgan fingerprint density at radius 2 is 2.06 bits per heavy atom. The molecular formula is C10H7BrClNO2S. The molecule has 2 aromatic rings. The molecule has 6 heteroatoms. The van der Waals surface area contributed by atoms with Crippen molar-refractivity contribution in [1.29, 1.82) is 0 Å². The highest BCUT2D eigenvalue weighted by Gasteiger charge is 2.18. The predicted octanol–water partition coefficient (Wildman–Crippen LogP) is 3.23. The number of benzene rings is 1. The SMILES string of the molecule is Cc1cc(Br)c2cnccc2c1S(=O)(=O)Cl. The maximum Gasteiger partial charge on any atom is 0.262 e. The molecule has 16 heavy (non-hydrogen) atoms. The fourth-order valence-corrected chi connectivity index (χ4v) is 3.81. The molecule has 0 aliphatic rings. The van der Waals surface area contributed by atoms with Gasteiger partial charge in [0.2, 0.25) is 0 Å². The van der Waals surface area contributed by atoms with Crippen LogP contribution in [0.15, 0.2) is 33.9 Å². The van der Waals surface area contributed by atoms with Crippen LogP contribution >= 0.6 is 26.6 Å². The van der Waals surface area contributed by atoms with Crippen molar-refractivity contribution in [1.82, 2.24) is 4.98 Å². The first-order valence-corrected chi connectivity index (χ1v) is 7.49. The summed E-state index contributed by atoms with van der Waals surface area (Å²) in [5.41, 5.74) is 0.612. The minimum absolute atomic E-state index is 0.148. The number of aryl methyl sites for hydroxylation is 1. The highest BCUT2D eigenvalue weighted by Crippen LogP contribution is 2.33. The van der Waals surface area contributed by atoms with Crippen molar-refractivity contribution in [3.63, 3.8) is 0 Å². The van der Waals surface area contributed by atoms with Crippen LogP contribution in [0.5, 0.6) is 0 Å². The van der Waals surface area contributed by atoms with Crippen molar-refractivity contribution in [2.75, 3.05) is 0 Å². The van der Waals surface area contributed by atoms with Gasteiger partial charge < -0.3 is 0 Å². The third kappa shape index (κ3) is 1.95. The van der Waals surface area contributed by atoms with E-state index in [1.54, 1.807) is 31.5 Å². The molecule has 0 aliphatic heterocycles. The van der Waals surface area contributed by atoms with Gasteiger partial charge in [-0.3, -0.25) is 4.98 Å². The summed E-state index contributed by atoms with van der Waals surface area (Å²) >= 11 is 3.37. The average Bonchev–Trinajstić information content (AvgIpc) is 2.15. The van der Waals surface area contributed by atoms with E-state index in [1.165, 1.54) is 0 Å². The van der Waals surface area contributed by atoms with Gasteiger partial charge in [-0.15, -0.1) is 0 Å². The molecule has 0 radical (unpaired) electrons. The second-order valence-electron chi connectivity index (χ2n) is 3.36. The number of rotatable bonds is 1. The maximum absolute atomic E-state index is 11.5. The van der Waals surface area contributed by atoms with Crippen LogP contribution in [-0.2, 0) is 9.05 Å². The van der Waals surface area contributed by atoms with Gasteiger partial charge in [0.15, 0.2) is 0 Å². The van der Waals surface area contributed by atoms with E-state index in [0.717, 1.165) is 9.86 Å². The number of aromatic nitrogens is 1. The Labute approximate surface area is 106 Å². The Bertz CT molecular complexity index is 670. The Morgan fingerprint density at radius 3 is 2.69 bits per heavy atom. The van der Waals surface area contributed by atoms with Gasteiger partial charge >= 0.3 is 0 Å². The summed E-state index contributed by atoms with van der Waals surface area (Å²) in [6.45, 7) is 1.71. The topological polar surface area (TPSA) is 47.0 Å². The lowest BCUT2D eigenvalue weighted by Crippen LogP contribution is -1.97. The number of fused-ring (bicyclic) bond motifs is 1. The van der Waals surface area contributed by atoms with Gasteiger partial charge in [0.1, 0.15) is 0 Å². The lowest BCUT2D eigenvalue weighted by Gasteiger charge is -2.08. The van der Waals surface area contributed by atoms with Crippen LogP contribution in [0.25, 0.3) is 10.8 Å². The molecule has 84 valence electrons. The van der Waals surface area contributed by atoms with Gasteiger partial charge in [0.25, 0.3) is 9.05 Å². The summed E-state index contributed by atoms with van der Waals surface area (Å²) in [4.78, 5) is 4.11. The minimum atomic E-state index is -3.75. The fraction of sp³-hybridized carbons (Fsp3) is 0.100. The first-order chi connectivity index (χ1) is 7.41. The quantitative estimate of drug-likeness (QED) is 0.758. The van der Waals surface area contributed by atoms with Crippen molar-refractivity contribution in [3.05, 3.63) is 34.6 Å². The van der Waals surface area contributed by atoms with Gasteiger partial charge in [-0.2, -0.15) is 0 Å². The average molecular weight is 321 g/mol. The van der Waals surface area contributed by atoms with Crippen LogP contribution in [0.2, 0.25) is 0 Å². The van der Waals surface area contributed by atoms with Crippen molar-refractivity contribution < 1.29 is 8.42 Å². The zero-order chi connectivity index (χ0) is 11.9. The molecule has 0 saturated heterocycles. The van der Waals surface area contributed by atoms with E-state index in [2.05, 4.69) is 20.9 Å². The molecule has 2 rings (SSSR count). The van der Waals surface area contributed by atoms with Crippen molar-refractivity contribution >= 4 is 46.4 Å². The van der Waals surface area contributed by atoms with Crippen molar-refractivity contribution in [3.8, 4) is 0 Å². The van der Waals surface area contributed by atoms with Crippen LogP contribution in [0.1, 0.15) is 5.56 Å². The number of nitrogens with zero attached hydrogens (tertiary/aromatic N) is 1. The molecule has 0 N–H and O–H groups in total. The second kappa shape index (κ2) is 3.98. The first-order valence-electron chi connectivity index (χ1n) is 4.39. The van der Waals surface area contributed by atoms with Crippen LogP contribution in [-0.4, -0.2) is 13.4 Å². The van der Waals surface area contributed by atoms with Gasteiger partial charge in [-0.1, -0.05) is 15.9 Å². The van der Waals surface area contributed by atoms with Gasteiger partial charge in [0.05, 0.1) is 4.90 Å². The Hall–Kier alpha value is -0.650. The lowest BCUT2D eigenvalue weighted by atomic mass is 10.1. The highest BCUT2D eigenvalue weighted by atomic mass is 79.9. The molecule has 0 amide bonds. The third-order valence-corrected chi connectivity index (χ3v) is 4.42. The summed E-state index contributed by atoms with van der Waals surface area (Å²) in [6, 6.07) is 3.36. The lowest BCUT2D eigenvalue weighted by molar-refractivity contribution is 0.610. The minimum Gasteiger partial charge on any atom is -0.264 e. The largest absolute Gasteiger partial charge is 0.264 e. The Morgan fingerprint density at radius 1 is 1.38 bits per heavy atom. The summed E-state index contributed by atoms with van der Waals surface area (Å²) in [5.74, 6) is 0. The molecule has 0 unspecified atom stereocenters. The first kappa shape index (κ1) is 11.8. The van der Waals surface area contributed by atoms with E-state index in [9.17, 15) is 8.42 Å². The van der Waals surface area contributed by atoms with Crippen molar-refractivity contribution in [2.45, 2.75) is 11.8 Å². The Balaban J connectivity index is 3.05. The van der Waals surface area contributed by atoms with E-state index in [4.69, 9.17) is 10.7 Å². The molecule has 0 bridgehead atoms. The summed E-state index contributed by atoms with van der Waals surface area (Å²) < 4.78 is 23.8. The predicted molar refractivity (Wildman–Crippen MR) is 67.2 cm³/mol. The molecular weight excluding hydrogens is 314 g/mol. The van der Waals surface area contributed by atoms with Gasteiger partial charge in [-0.05, 0) is 24.6 Å². The van der Waals surface area contributed by atoms with E-state index in [-0.39, 0.29) is 4.90 Å².